The smallest absolute Gasteiger partial charge is 0.252 e. The molecule has 24 heavy (non-hydrogen) atoms. The van der Waals surface area contributed by atoms with E-state index in [9.17, 15) is 4.79 Å². The van der Waals surface area contributed by atoms with Gasteiger partial charge in [-0.1, -0.05) is 0 Å². The normalized spacial score (nSPS) is 16.5. The van der Waals surface area contributed by atoms with Gasteiger partial charge in [-0.25, -0.2) is 0 Å². The number of aromatic nitrogens is 2. The van der Waals surface area contributed by atoms with E-state index in [4.69, 9.17) is 0 Å². The molecule has 130 valence electrons. The van der Waals surface area contributed by atoms with Crippen LogP contribution in [0.1, 0.15) is 51.4 Å². The van der Waals surface area contributed by atoms with E-state index in [2.05, 4.69) is 26.5 Å². The Hall–Kier alpha value is -1.37. The minimum atomic E-state index is 0. The molecule has 5 nitrogen and oxygen atoms in total. The Morgan fingerprint density at radius 2 is 2.21 bits per heavy atom. The topological polar surface area (TPSA) is 59.0 Å². The van der Waals surface area contributed by atoms with Crippen molar-refractivity contribution in [1.82, 2.24) is 20.4 Å². The van der Waals surface area contributed by atoms with Crippen molar-refractivity contribution in [2.45, 2.75) is 51.7 Å². The highest BCUT2D eigenvalue weighted by Gasteiger charge is 2.20. The quantitative estimate of drug-likeness (QED) is 0.878. The number of halogens is 1. The van der Waals surface area contributed by atoms with Crippen LogP contribution < -0.4 is 10.6 Å². The second-order valence-corrected chi connectivity index (χ2v) is 7.29. The minimum Gasteiger partial charge on any atom is -0.346 e. The van der Waals surface area contributed by atoms with E-state index in [1.165, 1.54) is 29.0 Å². The van der Waals surface area contributed by atoms with Crippen LogP contribution in [0.3, 0.4) is 0 Å². The first kappa shape index (κ1) is 17.5. The third kappa shape index (κ3) is 3.50. The van der Waals surface area contributed by atoms with E-state index >= 15 is 0 Å². The van der Waals surface area contributed by atoms with Gasteiger partial charge in [0.2, 0.25) is 0 Å². The molecule has 0 aromatic carbocycles. The van der Waals surface area contributed by atoms with E-state index < -0.39 is 0 Å². The highest BCUT2D eigenvalue weighted by molar-refractivity contribution is 7.10. The number of carbonyl (C=O) groups is 1. The van der Waals surface area contributed by atoms with Crippen LogP contribution in [0.2, 0.25) is 0 Å². The van der Waals surface area contributed by atoms with Gasteiger partial charge in [0.1, 0.15) is 0 Å². The van der Waals surface area contributed by atoms with Crippen LogP contribution in [0.5, 0.6) is 0 Å². The Morgan fingerprint density at radius 3 is 3.12 bits per heavy atom. The van der Waals surface area contributed by atoms with Crippen molar-refractivity contribution < 1.29 is 4.79 Å². The molecule has 0 saturated carbocycles. The maximum absolute atomic E-state index is 12.5. The summed E-state index contributed by atoms with van der Waals surface area (Å²) < 4.78 is 2.06. The fourth-order valence-electron chi connectivity index (χ4n) is 3.46. The first-order chi connectivity index (χ1) is 11.3. The van der Waals surface area contributed by atoms with Gasteiger partial charge in [-0.05, 0) is 50.3 Å². The number of amides is 1. The van der Waals surface area contributed by atoms with Crippen LogP contribution in [-0.2, 0) is 32.5 Å². The van der Waals surface area contributed by atoms with Gasteiger partial charge in [0, 0.05) is 23.3 Å². The lowest BCUT2D eigenvalue weighted by Gasteiger charge is -2.12. The minimum absolute atomic E-state index is 0. The Kier molecular flexibility index (Phi) is 5.58. The lowest BCUT2D eigenvalue weighted by Crippen LogP contribution is -2.24. The molecule has 3 heterocycles. The van der Waals surface area contributed by atoms with Gasteiger partial charge in [-0.3, -0.25) is 9.48 Å². The molecule has 2 aromatic heterocycles. The largest absolute Gasteiger partial charge is 0.346 e. The van der Waals surface area contributed by atoms with Crippen molar-refractivity contribution in [3.63, 3.8) is 0 Å². The van der Waals surface area contributed by atoms with Gasteiger partial charge >= 0.3 is 0 Å². The first-order valence-electron chi connectivity index (χ1n) is 8.45. The molecule has 0 radical (unpaired) electrons. The molecule has 4 rings (SSSR count). The Balaban J connectivity index is 0.00000169. The van der Waals surface area contributed by atoms with Gasteiger partial charge in [0.25, 0.3) is 5.91 Å². The zero-order valence-corrected chi connectivity index (χ0v) is 15.3. The van der Waals surface area contributed by atoms with Gasteiger partial charge in [0.15, 0.2) is 0 Å². The number of nitrogens with one attached hydrogen (secondary N) is 2. The number of rotatable bonds is 3. The molecule has 2 aliphatic rings. The van der Waals surface area contributed by atoms with E-state index in [1.54, 1.807) is 11.3 Å². The molecule has 2 N–H and O–H groups in total. The Morgan fingerprint density at radius 1 is 1.33 bits per heavy atom. The number of aryl methyl sites for hydroxylation is 2. The van der Waals surface area contributed by atoms with Crippen molar-refractivity contribution in [1.29, 1.82) is 0 Å². The van der Waals surface area contributed by atoms with Crippen molar-refractivity contribution in [2.75, 3.05) is 6.54 Å². The van der Waals surface area contributed by atoms with Crippen LogP contribution in [0.4, 0.5) is 0 Å². The fourth-order valence-corrected chi connectivity index (χ4v) is 4.58. The predicted octanol–water partition coefficient (Wildman–Crippen LogP) is 2.67. The van der Waals surface area contributed by atoms with Crippen molar-refractivity contribution in [2.24, 2.45) is 0 Å². The van der Waals surface area contributed by atoms with E-state index in [0.29, 0.717) is 6.54 Å². The molecule has 1 amide bonds. The molecule has 0 atom stereocenters. The highest BCUT2D eigenvalue weighted by atomic mass is 35.5. The maximum atomic E-state index is 12.5. The summed E-state index contributed by atoms with van der Waals surface area (Å²) in [4.78, 5) is 13.9. The summed E-state index contributed by atoms with van der Waals surface area (Å²) in [6.45, 7) is 3.36. The number of thiophene rings is 1. The van der Waals surface area contributed by atoms with Gasteiger partial charge < -0.3 is 10.6 Å². The SMILES string of the molecule is Cl.O=C(NCc1cc2n(n1)CCCNC2)c1csc2c1CCCC2. The van der Waals surface area contributed by atoms with E-state index in [1.807, 2.05) is 5.38 Å². The Bertz CT molecular complexity index is 701. The lowest BCUT2D eigenvalue weighted by molar-refractivity contribution is 0.0949. The lowest BCUT2D eigenvalue weighted by atomic mass is 9.96. The zero-order chi connectivity index (χ0) is 15.6. The van der Waals surface area contributed by atoms with Crippen molar-refractivity contribution in [3.05, 3.63) is 38.8 Å². The third-order valence-corrected chi connectivity index (χ3v) is 5.77. The summed E-state index contributed by atoms with van der Waals surface area (Å²) in [7, 11) is 0. The van der Waals surface area contributed by atoms with Crippen LogP contribution in [0, 0.1) is 0 Å². The van der Waals surface area contributed by atoms with Crippen LogP contribution in [-0.4, -0.2) is 22.2 Å². The van der Waals surface area contributed by atoms with Crippen LogP contribution >= 0.6 is 23.7 Å². The molecule has 0 fully saturated rings. The molecule has 1 aliphatic carbocycles. The first-order valence-corrected chi connectivity index (χ1v) is 9.33. The third-order valence-electron chi connectivity index (χ3n) is 4.68. The summed E-state index contributed by atoms with van der Waals surface area (Å²) >= 11 is 1.74. The summed E-state index contributed by atoms with van der Waals surface area (Å²) in [5.41, 5.74) is 4.32. The zero-order valence-electron chi connectivity index (χ0n) is 13.6. The Labute approximate surface area is 152 Å². The molecule has 7 heteroatoms. The summed E-state index contributed by atoms with van der Waals surface area (Å²) in [6, 6.07) is 2.10. The molecular formula is C17H23ClN4OS. The molecule has 0 spiro atoms. The van der Waals surface area contributed by atoms with Gasteiger partial charge in [-0.15, -0.1) is 23.7 Å². The second-order valence-electron chi connectivity index (χ2n) is 6.32. The second kappa shape index (κ2) is 7.68. The average Bonchev–Trinajstić information content (AvgIpc) is 3.11. The van der Waals surface area contributed by atoms with Gasteiger partial charge in [-0.2, -0.15) is 5.10 Å². The van der Waals surface area contributed by atoms with Crippen molar-refractivity contribution in [3.8, 4) is 0 Å². The standard InChI is InChI=1S/C17H22N4OS.ClH/c22-17(15-11-23-16-5-2-1-4-14(15)16)19-9-12-8-13-10-18-6-3-7-21(13)20-12;/h8,11,18H,1-7,9-10H2,(H,19,22);1H. The molecule has 1 aliphatic heterocycles. The number of hydrogen-bond acceptors (Lipinski definition) is 4. The van der Waals surface area contributed by atoms with Gasteiger partial charge in [0.05, 0.1) is 23.5 Å². The maximum Gasteiger partial charge on any atom is 0.252 e. The molecular weight excluding hydrogens is 344 g/mol. The highest BCUT2D eigenvalue weighted by Crippen LogP contribution is 2.30. The molecule has 0 saturated heterocycles. The summed E-state index contributed by atoms with van der Waals surface area (Å²) in [5.74, 6) is 0.0470. The number of fused-ring (bicyclic) bond motifs is 2. The molecule has 0 bridgehead atoms. The summed E-state index contributed by atoms with van der Waals surface area (Å²) in [5, 5.41) is 13.1. The molecule has 0 unspecified atom stereocenters. The van der Waals surface area contributed by atoms with Crippen LogP contribution in [0.15, 0.2) is 11.4 Å². The number of hydrogen-bond donors (Lipinski definition) is 2. The predicted molar refractivity (Wildman–Crippen MR) is 97.9 cm³/mol. The fraction of sp³-hybridized carbons (Fsp3) is 0.529. The van der Waals surface area contributed by atoms with E-state index in [0.717, 1.165) is 50.2 Å². The number of nitrogens with zero attached hydrogens (tertiary/aromatic N) is 2. The monoisotopic (exact) mass is 366 g/mol. The van der Waals surface area contributed by atoms with E-state index in [-0.39, 0.29) is 18.3 Å². The summed E-state index contributed by atoms with van der Waals surface area (Å²) in [6.07, 6.45) is 5.73. The molecule has 2 aromatic rings. The average molecular weight is 367 g/mol. The van der Waals surface area contributed by atoms with Crippen molar-refractivity contribution >= 4 is 29.7 Å². The van der Waals surface area contributed by atoms with Crippen LogP contribution in [0.25, 0.3) is 0 Å². The number of carbonyl (C=O) groups excluding carboxylic acids is 1.